The molecule has 17 nitrogen and oxygen atoms in total. The molecule has 2 aliphatic rings. The lowest BCUT2D eigenvalue weighted by molar-refractivity contribution is -0.302. The highest BCUT2D eigenvalue weighted by molar-refractivity contribution is 5.88. The predicted molar refractivity (Wildman–Crippen MR) is 140 cm³/mol. The first kappa shape index (κ1) is 31.2. The number of phenols is 4. The molecule has 3 heterocycles. The van der Waals surface area contributed by atoms with Crippen LogP contribution in [0.2, 0.25) is 0 Å². The second-order valence-electron chi connectivity index (χ2n) is 10.3. The molecule has 238 valence electrons. The van der Waals surface area contributed by atoms with Gasteiger partial charge in [0.25, 0.3) is 0 Å². The topological polar surface area (TPSA) is 286 Å². The number of aromatic hydroxyl groups is 4. The van der Waals surface area contributed by atoms with E-state index >= 15 is 0 Å². The van der Waals surface area contributed by atoms with Crippen LogP contribution in [0.5, 0.6) is 28.7 Å². The van der Waals surface area contributed by atoms with Crippen LogP contribution in [0.3, 0.4) is 0 Å². The van der Waals surface area contributed by atoms with Crippen LogP contribution in [0.15, 0.2) is 39.5 Å². The SMILES string of the molecule is C[C@@H]1O[C@@H](OC(=O)[C@H]2O[C@@H](Oc3c(-c4ccc(O)c(O)c4)oc4cc(O)cc(O)c4c3=O)[C@H](O)[C@@H](O)[C@@H]2O)[C@H](O)[C@H](O)[C@H]1O. The van der Waals surface area contributed by atoms with Crippen molar-refractivity contribution < 1.29 is 79.2 Å². The Morgan fingerprint density at radius 3 is 2.09 bits per heavy atom. The number of carbonyl (C=O) groups excluding carboxylic acids is 1. The molecule has 44 heavy (non-hydrogen) atoms. The molecule has 2 fully saturated rings. The Balaban J connectivity index is 1.51. The lowest BCUT2D eigenvalue weighted by atomic mass is 9.98. The number of hydrogen-bond acceptors (Lipinski definition) is 17. The largest absolute Gasteiger partial charge is 0.508 e. The minimum absolute atomic E-state index is 0.0997. The zero-order valence-corrected chi connectivity index (χ0v) is 22.5. The molecule has 0 unspecified atom stereocenters. The molecule has 17 heteroatoms. The van der Waals surface area contributed by atoms with Crippen molar-refractivity contribution in [2.75, 3.05) is 0 Å². The lowest BCUT2D eigenvalue weighted by Crippen LogP contribution is -2.63. The Bertz CT molecular complexity index is 1620. The van der Waals surface area contributed by atoms with Crippen molar-refractivity contribution in [2.24, 2.45) is 0 Å². The van der Waals surface area contributed by atoms with Gasteiger partial charge in [-0.1, -0.05) is 0 Å². The van der Waals surface area contributed by atoms with Gasteiger partial charge < -0.3 is 74.4 Å². The molecule has 0 bridgehead atoms. The summed E-state index contributed by atoms with van der Waals surface area (Å²) < 4.78 is 26.8. The fourth-order valence-corrected chi connectivity index (χ4v) is 4.78. The summed E-state index contributed by atoms with van der Waals surface area (Å²) in [5.74, 6) is -5.18. The van der Waals surface area contributed by atoms with Crippen LogP contribution in [0, 0.1) is 0 Å². The average Bonchev–Trinajstić information content (AvgIpc) is 2.97. The van der Waals surface area contributed by atoms with Crippen molar-refractivity contribution in [1.29, 1.82) is 0 Å². The third-order valence-corrected chi connectivity index (χ3v) is 7.23. The maximum absolute atomic E-state index is 13.6. The minimum Gasteiger partial charge on any atom is -0.508 e. The molecule has 3 aromatic rings. The van der Waals surface area contributed by atoms with Crippen LogP contribution < -0.4 is 10.2 Å². The lowest BCUT2D eigenvalue weighted by Gasteiger charge is -2.41. The van der Waals surface area contributed by atoms with Gasteiger partial charge in [-0.25, -0.2) is 4.79 Å². The normalized spacial score (nSPS) is 32.3. The van der Waals surface area contributed by atoms with Gasteiger partial charge in [0, 0.05) is 17.7 Å². The quantitative estimate of drug-likeness (QED) is 0.107. The number of aliphatic hydroxyl groups is 6. The molecule has 0 amide bonds. The van der Waals surface area contributed by atoms with Gasteiger partial charge in [-0.2, -0.15) is 0 Å². The Morgan fingerprint density at radius 1 is 0.750 bits per heavy atom. The maximum Gasteiger partial charge on any atom is 0.340 e. The number of carbonyl (C=O) groups is 1. The van der Waals surface area contributed by atoms with Gasteiger partial charge in [-0.05, 0) is 25.1 Å². The minimum atomic E-state index is -2.16. The van der Waals surface area contributed by atoms with Crippen LogP contribution in [-0.2, 0) is 19.0 Å². The van der Waals surface area contributed by atoms with E-state index in [1.54, 1.807) is 0 Å². The Labute approximate surface area is 245 Å². The van der Waals surface area contributed by atoms with Gasteiger partial charge in [0.05, 0.1) is 6.10 Å². The highest BCUT2D eigenvalue weighted by atomic mass is 16.7. The van der Waals surface area contributed by atoms with E-state index < -0.39 is 113 Å². The van der Waals surface area contributed by atoms with Gasteiger partial charge in [0.1, 0.15) is 59.1 Å². The molecular formula is C27H28O17. The number of esters is 1. The number of rotatable bonds is 5. The second-order valence-corrected chi connectivity index (χ2v) is 10.3. The number of aliphatic hydroxyl groups excluding tert-OH is 6. The molecule has 10 N–H and O–H groups in total. The number of benzene rings is 2. The van der Waals surface area contributed by atoms with Crippen molar-refractivity contribution in [3.05, 3.63) is 40.6 Å². The molecule has 0 spiro atoms. The number of hydrogen-bond donors (Lipinski definition) is 10. The smallest absolute Gasteiger partial charge is 0.340 e. The molecule has 10 atom stereocenters. The van der Waals surface area contributed by atoms with Crippen LogP contribution in [0.1, 0.15) is 6.92 Å². The fraction of sp³-hybridized carbons (Fsp3) is 0.407. The summed E-state index contributed by atoms with van der Waals surface area (Å²) in [5, 5.41) is 101. The summed E-state index contributed by atoms with van der Waals surface area (Å²) in [6.07, 6.45) is -18.9. The van der Waals surface area contributed by atoms with Gasteiger partial charge >= 0.3 is 5.97 Å². The van der Waals surface area contributed by atoms with Gasteiger partial charge in [-0.3, -0.25) is 4.79 Å². The van der Waals surface area contributed by atoms with Crippen LogP contribution >= 0.6 is 0 Å². The van der Waals surface area contributed by atoms with Crippen molar-refractivity contribution in [3.63, 3.8) is 0 Å². The Morgan fingerprint density at radius 2 is 1.41 bits per heavy atom. The molecule has 0 aliphatic carbocycles. The van der Waals surface area contributed by atoms with E-state index in [1.807, 2.05) is 0 Å². The molecule has 1 aromatic heterocycles. The highest BCUT2D eigenvalue weighted by Crippen LogP contribution is 2.39. The van der Waals surface area contributed by atoms with Crippen molar-refractivity contribution in [2.45, 2.75) is 68.3 Å². The first-order chi connectivity index (χ1) is 20.7. The van der Waals surface area contributed by atoms with E-state index in [4.69, 9.17) is 23.4 Å². The van der Waals surface area contributed by atoms with Crippen LogP contribution in [0.4, 0.5) is 0 Å². The molecule has 0 saturated carbocycles. The highest BCUT2D eigenvalue weighted by Gasteiger charge is 2.51. The fourth-order valence-electron chi connectivity index (χ4n) is 4.78. The zero-order chi connectivity index (χ0) is 32.2. The maximum atomic E-state index is 13.6. The Kier molecular flexibility index (Phi) is 8.31. The summed E-state index contributed by atoms with van der Waals surface area (Å²) in [4.78, 5) is 26.5. The van der Waals surface area contributed by atoms with Crippen molar-refractivity contribution in [1.82, 2.24) is 0 Å². The van der Waals surface area contributed by atoms with Gasteiger partial charge in [0.15, 0.2) is 23.4 Å². The molecule has 5 rings (SSSR count). The summed E-state index contributed by atoms with van der Waals surface area (Å²) >= 11 is 0. The summed E-state index contributed by atoms with van der Waals surface area (Å²) in [6, 6.07) is 5.00. The first-order valence-electron chi connectivity index (χ1n) is 13.0. The van der Waals surface area contributed by atoms with E-state index in [0.29, 0.717) is 0 Å². The van der Waals surface area contributed by atoms with E-state index in [1.165, 1.54) is 13.0 Å². The standard InChI is InChI=1S/C27H28O17/c1-7-15(32)17(34)20(37)26(40-7)44-25(39)24-19(36)18(35)21(38)27(43-24)42-23-16(33)14-12(31)5-9(28)6-13(14)41-22(23)8-2-3-10(29)11(30)4-8/h2-7,15,17-21,24,26-32,34-38H,1H3/t7-,15-,17+,18-,19-,20+,21+,24-,26-,27+/m0/s1. The first-order valence-corrected chi connectivity index (χ1v) is 13.0. The summed E-state index contributed by atoms with van der Waals surface area (Å²) in [5.41, 5.74) is -1.56. The van der Waals surface area contributed by atoms with Crippen LogP contribution in [-0.4, -0.2) is 118 Å². The number of phenolic OH excluding ortho intramolecular Hbond substituents is 4. The molecule has 2 aromatic carbocycles. The summed E-state index contributed by atoms with van der Waals surface area (Å²) in [7, 11) is 0. The van der Waals surface area contributed by atoms with Crippen molar-refractivity contribution >= 4 is 16.9 Å². The van der Waals surface area contributed by atoms with E-state index in [-0.39, 0.29) is 11.1 Å². The van der Waals surface area contributed by atoms with E-state index in [2.05, 4.69) is 0 Å². The molecule has 0 radical (unpaired) electrons. The van der Waals surface area contributed by atoms with Gasteiger partial charge in [0.2, 0.25) is 23.8 Å². The third-order valence-electron chi connectivity index (χ3n) is 7.23. The van der Waals surface area contributed by atoms with E-state index in [9.17, 15) is 60.7 Å². The molecular weight excluding hydrogens is 596 g/mol. The number of ether oxygens (including phenoxy) is 4. The Hall–Kier alpha value is -4.20. The van der Waals surface area contributed by atoms with Gasteiger partial charge in [-0.15, -0.1) is 0 Å². The molecule has 2 saturated heterocycles. The monoisotopic (exact) mass is 624 g/mol. The number of fused-ring (bicyclic) bond motifs is 1. The van der Waals surface area contributed by atoms with E-state index in [0.717, 1.165) is 24.3 Å². The van der Waals surface area contributed by atoms with Crippen molar-refractivity contribution in [3.8, 4) is 40.1 Å². The predicted octanol–water partition coefficient (Wildman–Crippen LogP) is -2.16. The third kappa shape index (κ3) is 5.46. The average molecular weight is 625 g/mol. The van der Waals surface area contributed by atoms with Crippen LogP contribution in [0.25, 0.3) is 22.3 Å². The summed E-state index contributed by atoms with van der Waals surface area (Å²) in [6.45, 7) is 1.32. The zero-order valence-electron chi connectivity index (χ0n) is 22.5. The molecule has 2 aliphatic heterocycles. The second kappa shape index (κ2) is 11.7.